The van der Waals surface area contributed by atoms with Gasteiger partial charge < -0.3 is 15.3 Å². The molecule has 0 spiro atoms. The molecule has 5 nitrogen and oxygen atoms in total. The third kappa shape index (κ3) is 6.45. The van der Waals surface area contributed by atoms with Crippen molar-refractivity contribution in [3.63, 3.8) is 0 Å². The number of rotatable bonds is 5. The van der Waals surface area contributed by atoms with E-state index in [1.807, 2.05) is 35.2 Å². The standard InChI is InChI=1S/C20H20F3NO3.Na.H2O/c21-20(22,23)16-7-9-17(10-8-16)27-19(18(25)26)11-4-12-24(14-19)13-15-5-2-1-3-6-15;;/h1-3,5-10H,4,11-14H2,(H,25,26);;1H2/q;+1;/p-1. The normalized spacial score (nSPS) is 19.6. The van der Waals surface area contributed by atoms with E-state index in [9.17, 15) is 23.1 Å². The van der Waals surface area contributed by atoms with E-state index >= 15 is 0 Å². The van der Waals surface area contributed by atoms with Crippen molar-refractivity contribution in [1.82, 2.24) is 4.90 Å². The summed E-state index contributed by atoms with van der Waals surface area (Å²) in [6.45, 7) is 1.49. The topological polar surface area (TPSA) is 79.8 Å². The molecule has 9 heteroatoms. The molecule has 0 aromatic heterocycles. The van der Waals surface area contributed by atoms with Crippen LogP contribution in [-0.2, 0) is 17.5 Å². The maximum absolute atomic E-state index is 12.7. The fourth-order valence-electron chi connectivity index (χ4n) is 3.32. The molecule has 0 bridgehead atoms. The fourth-order valence-corrected chi connectivity index (χ4v) is 3.32. The second kappa shape index (κ2) is 10.4. The van der Waals surface area contributed by atoms with Crippen LogP contribution in [0.3, 0.4) is 0 Å². The molecule has 1 unspecified atom stereocenters. The molecule has 0 saturated carbocycles. The average molecular weight is 419 g/mol. The van der Waals surface area contributed by atoms with Crippen LogP contribution in [0.4, 0.5) is 13.2 Å². The van der Waals surface area contributed by atoms with Gasteiger partial charge in [-0.1, -0.05) is 30.3 Å². The second-order valence-corrected chi connectivity index (χ2v) is 6.72. The predicted molar refractivity (Wildman–Crippen MR) is 95.3 cm³/mol. The van der Waals surface area contributed by atoms with E-state index in [1.165, 1.54) is 12.1 Å². The van der Waals surface area contributed by atoms with E-state index < -0.39 is 23.3 Å². The summed E-state index contributed by atoms with van der Waals surface area (Å²) in [4.78, 5) is 14.0. The number of hydrogen-bond acceptors (Lipinski definition) is 4. The minimum atomic E-state index is -4.44. The quantitative estimate of drug-likeness (QED) is 0.733. The molecular formula is C20H21F3NNaO4. The molecule has 2 aromatic carbocycles. The van der Waals surface area contributed by atoms with Gasteiger partial charge in [-0.15, -0.1) is 0 Å². The Balaban J connectivity index is 0.00000210. The Morgan fingerprint density at radius 2 is 1.72 bits per heavy atom. The zero-order chi connectivity index (χ0) is 19.5. The molecule has 1 aliphatic heterocycles. The number of nitrogens with zero attached hydrogens (tertiary/aromatic N) is 1. The molecular weight excluding hydrogens is 398 g/mol. The summed E-state index contributed by atoms with van der Waals surface area (Å²) >= 11 is 0. The molecule has 3 rings (SSSR count). The van der Waals surface area contributed by atoms with Crippen LogP contribution in [0.5, 0.6) is 5.75 Å². The Labute approximate surface area is 189 Å². The summed E-state index contributed by atoms with van der Waals surface area (Å²) in [6, 6.07) is 13.8. The summed E-state index contributed by atoms with van der Waals surface area (Å²) in [5.74, 6) is -0.993. The molecule has 0 aliphatic carbocycles. The van der Waals surface area contributed by atoms with Crippen LogP contribution in [0.2, 0.25) is 0 Å². The van der Waals surface area contributed by atoms with Gasteiger partial charge >= 0.3 is 41.7 Å². The zero-order valence-corrected chi connectivity index (χ0v) is 18.0. The van der Waals surface area contributed by atoms with Crippen molar-refractivity contribution < 1.29 is 62.8 Å². The maximum atomic E-state index is 12.7. The van der Waals surface area contributed by atoms with Gasteiger partial charge in [-0.2, -0.15) is 13.2 Å². The second-order valence-electron chi connectivity index (χ2n) is 6.72. The molecule has 0 amide bonds. The molecule has 2 N–H and O–H groups in total. The van der Waals surface area contributed by atoms with E-state index in [0.29, 0.717) is 19.4 Å². The minimum absolute atomic E-state index is 0. The van der Waals surface area contributed by atoms with Crippen molar-refractivity contribution in [1.29, 1.82) is 0 Å². The van der Waals surface area contributed by atoms with E-state index in [2.05, 4.69) is 0 Å². The number of ether oxygens (including phenoxy) is 1. The van der Waals surface area contributed by atoms with E-state index in [0.717, 1.165) is 24.2 Å². The smallest absolute Gasteiger partial charge is 0.870 e. The van der Waals surface area contributed by atoms with Gasteiger partial charge in [-0.25, -0.2) is 4.79 Å². The Morgan fingerprint density at radius 3 is 2.28 bits per heavy atom. The minimum Gasteiger partial charge on any atom is -0.870 e. The molecule has 1 heterocycles. The van der Waals surface area contributed by atoms with Crippen molar-refractivity contribution in [2.75, 3.05) is 13.1 Å². The first-order valence-electron chi connectivity index (χ1n) is 8.64. The van der Waals surface area contributed by atoms with Crippen LogP contribution in [-0.4, -0.2) is 40.1 Å². The maximum Gasteiger partial charge on any atom is 1.00 e. The van der Waals surface area contributed by atoms with Gasteiger partial charge in [-0.05, 0) is 42.8 Å². The Hall–Kier alpha value is -1.58. The van der Waals surface area contributed by atoms with Crippen LogP contribution < -0.4 is 34.3 Å². The SMILES string of the molecule is O=C(O)C1(Oc2ccc(C(F)(F)F)cc2)CCCN(Cc2ccccc2)C1.[Na+].[OH-]. The summed E-state index contributed by atoms with van der Waals surface area (Å²) in [7, 11) is 0. The third-order valence-corrected chi connectivity index (χ3v) is 4.67. The zero-order valence-electron chi connectivity index (χ0n) is 16.0. The Bertz CT molecular complexity index is 787. The van der Waals surface area contributed by atoms with Gasteiger partial charge in [0.2, 0.25) is 5.60 Å². The molecule has 1 fully saturated rings. The number of carboxylic acids is 1. The third-order valence-electron chi connectivity index (χ3n) is 4.67. The number of aliphatic carboxylic acids is 1. The number of piperidine rings is 1. The molecule has 1 aliphatic rings. The van der Waals surface area contributed by atoms with Crippen LogP contribution in [0.15, 0.2) is 54.6 Å². The van der Waals surface area contributed by atoms with Crippen molar-refractivity contribution in [2.45, 2.75) is 31.2 Å². The van der Waals surface area contributed by atoms with Crippen LogP contribution in [0.1, 0.15) is 24.0 Å². The number of hydrogen-bond donors (Lipinski definition) is 1. The monoisotopic (exact) mass is 419 g/mol. The van der Waals surface area contributed by atoms with Gasteiger partial charge in [-0.3, -0.25) is 4.90 Å². The summed E-state index contributed by atoms with van der Waals surface area (Å²) in [6.07, 6.45) is -3.52. The van der Waals surface area contributed by atoms with Gasteiger partial charge in [0.05, 0.1) is 5.56 Å². The molecule has 0 radical (unpaired) electrons. The van der Waals surface area contributed by atoms with Crippen LogP contribution in [0.25, 0.3) is 0 Å². The Morgan fingerprint density at radius 1 is 1.10 bits per heavy atom. The van der Waals surface area contributed by atoms with Gasteiger partial charge in [0, 0.05) is 19.5 Å². The van der Waals surface area contributed by atoms with Crippen molar-refractivity contribution in [3.8, 4) is 5.75 Å². The number of carboxylic acid groups (broad SMARTS) is 1. The molecule has 1 atom stereocenters. The summed E-state index contributed by atoms with van der Waals surface area (Å²) < 4.78 is 43.8. The number of carbonyl (C=O) groups is 1. The van der Waals surface area contributed by atoms with Crippen molar-refractivity contribution >= 4 is 5.97 Å². The molecule has 29 heavy (non-hydrogen) atoms. The predicted octanol–water partition coefficient (Wildman–Crippen LogP) is 1.03. The average Bonchev–Trinajstić information content (AvgIpc) is 2.62. The molecule has 152 valence electrons. The first-order chi connectivity index (χ1) is 12.8. The molecule has 1 saturated heterocycles. The first-order valence-corrected chi connectivity index (χ1v) is 8.64. The van der Waals surface area contributed by atoms with Crippen LogP contribution in [0, 0.1) is 0 Å². The summed E-state index contributed by atoms with van der Waals surface area (Å²) in [5.41, 5.74) is -1.21. The fraction of sp³-hybridized carbons (Fsp3) is 0.350. The van der Waals surface area contributed by atoms with E-state index in [-0.39, 0.29) is 47.3 Å². The van der Waals surface area contributed by atoms with Gasteiger partial charge in [0.15, 0.2) is 0 Å². The van der Waals surface area contributed by atoms with E-state index in [4.69, 9.17) is 4.74 Å². The summed E-state index contributed by atoms with van der Waals surface area (Å²) in [5, 5.41) is 9.79. The molecule has 2 aromatic rings. The Kier molecular flexibility index (Phi) is 9.17. The van der Waals surface area contributed by atoms with Gasteiger partial charge in [0.1, 0.15) is 5.75 Å². The van der Waals surface area contributed by atoms with E-state index in [1.54, 1.807) is 0 Å². The van der Waals surface area contributed by atoms with Crippen LogP contribution >= 0.6 is 0 Å². The van der Waals surface area contributed by atoms with Crippen molar-refractivity contribution in [3.05, 3.63) is 65.7 Å². The largest absolute Gasteiger partial charge is 1.00 e. The first kappa shape index (κ1) is 25.5. The number of benzene rings is 2. The van der Waals surface area contributed by atoms with Crippen molar-refractivity contribution in [2.24, 2.45) is 0 Å². The van der Waals surface area contributed by atoms with Gasteiger partial charge in [0.25, 0.3) is 0 Å². The number of likely N-dealkylation sites (tertiary alicyclic amines) is 1. The number of halogens is 3. The number of alkyl halides is 3.